The van der Waals surface area contributed by atoms with Crippen LogP contribution in [0, 0.1) is 0 Å². The smallest absolute Gasteiger partial charge is 0.0500 e. The summed E-state index contributed by atoms with van der Waals surface area (Å²) in [5.74, 6) is 0. The van der Waals surface area contributed by atoms with E-state index in [1.54, 1.807) is 0 Å². The molecule has 0 aliphatic carbocycles. The molecule has 0 unspecified atom stereocenters. The molecule has 1 heterocycles. The van der Waals surface area contributed by atoms with Crippen molar-refractivity contribution in [2.24, 2.45) is 0 Å². The lowest BCUT2D eigenvalue weighted by atomic mass is 10.1. The van der Waals surface area contributed by atoms with E-state index >= 15 is 0 Å². The molecule has 3 rings (SSSR count). The summed E-state index contributed by atoms with van der Waals surface area (Å²) >= 11 is 0. The lowest BCUT2D eigenvalue weighted by Crippen LogP contribution is -1.93. The number of benzene rings is 2. The lowest BCUT2D eigenvalue weighted by Gasteiger charge is -2.03. The molecule has 0 saturated carbocycles. The topological polar surface area (TPSA) is 4.93 Å². The van der Waals surface area contributed by atoms with E-state index in [1.807, 2.05) is 12.2 Å². The summed E-state index contributed by atoms with van der Waals surface area (Å²) in [7, 11) is 0. The monoisotopic (exact) mass is 233 g/mol. The van der Waals surface area contributed by atoms with Crippen LogP contribution >= 0.6 is 0 Å². The zero-order chi connectivity index (χ0) is 12.5. The van der Waals surface area contributed by atoms with E-state index in [1.165, 1.54) is 21.8 Å². The lowest BCUT2D eigenvalue weighted by molar-refractivity contribution is 0.901. The number of nitrogens with zero attached hydrogens (tertiary/aromatic N) is 1. The van der Waals surface area contributed by atoms with Crippen LogP contribution in [0.3, 0.4) is 0 Å². The molecule has 88 valence electrons. The minimum Gasteiger partial charge on any atom is -0.337 e. The van der Waals surface area contributed by atoms with Gasteiger partial charge in [-0.1, -0.05) is 49.1 Å². The fourth-order valence-corrected chi connectivity index (χ4v) is 2.52. The van der Waals surface area contributed by atoms with Gasteiger partial charge in [-0.05, 0) is 17.7 Å². The first kappa shape index (κ1) is 10.8. The molecule has 0 bridgehead atoms. The average molecular weight is 233 g/mol. The second-order valence-corrected chi connectivity index (χ2v) is 4.40. The Bertz CT molecular complexity index is 747. The standard InChI is InChI=1S/C17H15N/c1-3-11-18-16-8-6-5-7-14(16)15-10-9-13(4-2)12-17(15)18/h3-10,12H,1-2,11H2. The van der Waals surface area contributed by atoms with E-state index < -0.39 is 0 Å². The molecule has 1 heteroatoms. The average Bonchev–Trinajstić information content (AvgIpc) is 2.73. The molecule has 18 heavy (non-hydrogen) atoms. The Hall–Kier alpha value is -2.28. The molecule has 0 saturated heterocycles. The van der Waals surface area contributed by atoms with E-state index in [0.717, 1.165) is 12.1 Å². The number of allylic oxidation sites excluding steroid dienone is 1. The van der Waals surface area contributed by atoms with Crippen molar-refractivity contribution in [2.45, 2.75) is 6.54 Å². The maximum Gasteiger partial charge on any atom is 0.0500 e. The van der Waals surface area contributed by atoms with E-state index in [0.29, 0.717) is 0 Å². The number of aromatic nitrogens is 1. The highest BCUT2D eigenvalue weighted by Crippen LogP contribution is 2.29. The van der Waals surface area contributed by atoms with E-state index in [9.17, 15) is 0 Å². The molecule has 1 nitrogen and oxygen atoms in total. The van der Waals surface area contributed by atoms with Gasteiger partial charge in [-0.2, -0.15) is 0 Å². The zero-order valence-corrected chi connectivity index (χ0v) is 10.3. The summed E-state index contributed by atoms with van der Waals surface area (Å²) < 4.78 is 2.30. The highest BCUT2D eigenvalue weighted by molar-refractivity contribution is 6.08. The third-order valence-corrected chi connectivity index (χ3v) is 3.34. The molecule has 0 amide bonds. The first-order valence-electron chi connectivity index (χ1n) is 6.09. The zero-order valence-electron chi connectivity index (χ0n) is 10.3. The first-order valence-corrected chi connectivity index (χ1v) is 6.09. The van der Waals surface area contributed by atoms with Crippen LogP contribution in [-0.4, -0.2) is 4.57 Å². The van der Waals surface area contributed by atoms with Crippen molar-refractivity contribution < 1.29 is 0 Å². The number of rotatable bonds is 3. The summed E-state index contributed by atoms with van der Waals surface area (Å²) in [4.78, 5) is 0. The van der Waals surface area contributed by atoms with Crippen LogP contribution in [0.25, 0.3) is 27.9 Å². The highest BCUT2D eigenvalue weighted by Gasteiger charge is 2.08. The molecule has 0 aliphatic heterocycles. The van der Waals surface area contributed by atoms with Gasteiger partial charge in [0.05, 0.1) is 0 Å². The normalized spacial score (nSPS) is 10.9. The number of fused-ring (bicyclic) bond motifs is 3. The van der Waals surface area contributed by atoms with Crippen LogP contribution in [0.4, 0.5) is 0 Å². The van der Waals surface area contributed by atoms with E-state index in [2.05, 4.69) is 60.2 Å². The molecule has 0 atom stereocenters. The second kappa shape index (κ2) is 4.19. The Labute approximate surface area is 107 Å². The Morgan fingerprint density at radius 3 is 2.50 bits per heavy atom. The summed E-state index contributed by atoms with van der Waals surface area (Å²) in [6.07, 6.45) is 3.82. The molecule has 2 aromatic carbocycles. The van der Waals surface area contributed by atoms with Gasteiger partial charge in [-0.3, -0.25) is 0 Å². The molecular weight excluding hydrogens is 218 g/mol. The SMILES string of the molecule is C=CCn1c2ccccc2c2ccc(C=C)cc21. The molecule has 0 aliphatic rings. The molecule has 0 spiro atoms. The number of hydrogen-bond acceptors (Lipinski definition) is 0. The van der Waals surface area contributed by atoms with Crippen molar-refractivity contribution in [1.29, 1.82) is 0 Å². The van der Waals surface area contributed by atoms with Crippen LogP contribution in [0.5, 0.6) is 0 Å². The van der Waals surface area contributed by atoms with Gasteiger partial charge in [-0.15, -0.1) is 6.58 Å². The van der Waals surface area contributed by atoms with Gasteiger partial charge in [0.25, 0.3) is 0 Å². The van der Waals surface area contributed by atoms with Crippen molar-refractivity contribution in [1.82, 2.24) is 4.57 Å². The van der Waals surface area contributed by atoms with Gasteiger partial charge >= 0.3 is 0 Å². The van der Waals surface area contributed by atoms with Crippen LogP contribution in [0.1, 0.15) is 5.56 Å². The summed E-state index contributed by atoms with van der Waals surface area (Å²) in [6.45, 7) is 8.51. The third kappa shape index (κ3) is 1.48. The van der Waals surface area contributed by atoms with E-state index in [4.69, 9.17) is 0 Å². The van der Waals surface area contributed by atoms with Gasteiger partial charge in [0.2, 0.25) is 0 Å². The van der Waals surface area contributed by atoms with Crippen LogP contribution < -0.4 is 0 Å². The predicted molar refractivity (Wildman–Crippen MR) is 79.7 cm³/mol. The predicted octanol–water partition coefficient (Wildman–Crippen LogP) is 4.62. The Balaban J connectivity index is 2.49. The fourth-order valence-electron chi connectivity index (χ4n) is 2.52. The van der Waals surface area contributed by atoms with Crippen molar-refractivity contribution in [2.75, 3.05) is 0 Å². The first-order chi connectivity index (χ1) is 8.85. The molecule has 0 N–H and O–H groups in total. The van der Waals surface area contributed by atoms with Crippen molar-refractivity contribution >= 4 is 27.9 Å². The van der Waals surface area contributed by atoms with Gasteiger partial charge < -0.3 is 4.57 Å². The molecule has 3 aromatic rings. The van der Waals surface area contributed by atoms with Crippen molar-refractivity contribution in [3.8, 4) is 0 Å². The van der Waals surface area contributed by atoms with Gasteiger partial charge in [0, 0.05) is 28.4 Å². The maximum absolute atomic E-state index is 3.85. The number of para-hydroxylation sites is 1. The van der Waals surface area contributed by atoms with Gasteiger partial charge in [0.15, 0.2) is 0 Å². The quantitative estimate of drug-likeness (QED) is 0.581. The minimum absolute atomic E-state index is 0.824. The molecule has 1 aromatic heterocycles. The molecule has 0 radical (unpaired) electrons. The fraction of sp³-hybridized carbons (Fsp3) is 0.0588. The molecule has 0 fully saturated rings. The summed E-state index contributed by atoms with van der Waals surface area (Å²) in [5.41, 5.74) is 3.65. The van der Waals surface area contributed by atoms with Crippen molar-refractivity contribution in [3.05, 3.63) is 67.3 Å². The summed E-state index contributed by atoms with van der Waals surface area (Å²) in [5, 5.41) is 2.59. The van der Waals surface area contributed by atoms with Crippen LogP contribution in [0.2, 0.25) is 0 Å². The van der Waals surface area contributed by atoms with Crippen LogP contribution in [-0.2, 0) is 6.54 Å². The van der Waals surface area contributed by atoms with Crippen molar-refractivity contribution in [3.63, 3.8) is 0 Å². The Morgan fingerprint density at radius 1 is 0.944 bits per heavy atom. The largest absolute Gasteiger partial charge is 0.337 e. The second-order valence-electron chi connectivity index (χ2n) is 4.40. The Kier molecular flexibility index (Phi) is 2.52. The Morgan fingerprint density at radius 2 is 1.72 bits per heavy atom. The van der Waals surface area contributed by atoms with Gasteiger partial charge in [-0.25, -0.2) is 0 Å². The van der Waals surface area contributed by atoms with Gasteiger partial charge in [0.1, 0.15) is 0 Å². The number of hydrogen-bond donors (Lipinski definition) is 0. The molecular formula is C17H15N. The van der Waals surface area contributed by atoms with E-state index in [-0.39, 0.29) is 0 Å². The minimum atomic E-state index is 0.824. The highest BCUT2D eigenvalue weighted by atomic mass is 15.0. The maximum atomic E-state index is 3.85. The summed E-state index contributed by atoms with van der Waals surface area (Å²) in [6, 6.07) is 15.0. The third-order valence-electron chi connectivity index (χ3n) is 3.34. The van der Waals surface area contributed by atoms with Crippen LogP contribution in [0.15, 0.2) is 61.7 Å².